The standard InChI is InChI=1S/C21H30F2O/c1-3-4-8-16-11-12-18(19(22)14-16)15(2)13-20(23)21(24)17-9-6-5-7-10-17/h5-7,9-10,15-16,18-20H,3-4,8,11-14H2,1-2H3/t15?,16-,18+,19?,20?/m0/s1. The molecule has 134 valence electrons. The van der Waals surface area contributed by atoms with Crippen molar-refractivity contribution in [3.8, 4) is 0 Å². The van der Waals surface area contributed by atoms with E-state index in [1.165, 1.54) is 0 Å². The molecular weight excluding hydrogens is 306 g/mol. The molecule has 1 aliphatic rings. The van der Waals surface area contributed by atoms with Crippen LogP contribution in [0.25, 0.3) is 0 Å². The molecule has 0 aromatic heterocycles. The topological polar surface area (TPSA) is 17.1 Å². The van der Waals surface area contributed by atoms with Crippen LogP contribution in [0.4, 0.5) is 8.78 Å². The average molecular weight is 336 g/mol. The van der Waals surface area contributed by atoms with Gasteiger partial charge in [-0.3, -0.25) is 4.79 Å². The Morgan fingerprint density at radius 1 is 1.25 bits per heavy atom. The van der Waals surface area contributed by atoms with E-state index in [0.29, 0.717) is 17.9 Å². The van der Waals surface area contributed by atoms with Crippen LogP contribution < -0.4 is 0 Å². The molecule has 0 bridgehead atoms. The summed E-state index contributed by atoms with van der Waals surface area (Å²) in [7, 11) is 0. The van der Waals surface area contributed by atoms with Crippen LogP contribution in [0, 0.1) is 17.8 Å². The lowest BCUT2D eigenvalue weighted by atomic mass is 9.72. The van der Waals surface area contributed by atoms with Gasteiger partial charge in [-0.25, -0.2) is 8.78 Å². The molecule has 3 unspecified atom stereocenters. The molecule has 1 aromatic rings. The lowest BCUT2D eigenvalue weighted by molar-refractivity contribution is 0.0637. The van der Waals surface area contributed by atoms with Crippen LogP contribution in [0.5, 0.6) is 0 Å². The lowest BCUT2D eigenvalue weighted by Crippen LogP contribution is -2.33. The summed E-state index contributed by atoms with van der Waals surface area (Å²) in [6.07, 6.45) is 3.63. The molecule has 0 N–H and O–H groups in total. The highest BCUT2D eigenvalue weighted by molar-refractivity contribution is 5.99. The van der Waals surface area contributed by atoms with E-state index in [0.717, 1.165) is 32.1 Å². The van der Waals surface area contributed by atoms with Gasteiger partial charge in [0.1, 0.15) is 6.17 Å². The monoisotopic (exact) mass is 336 g/mol. The molecule has 0 amide bonds. The molecule has 1 aromatic carbocycles. The first kappa shape index (κ1) is 19.1. The van der Waals surface area contributed by atoms with Crippen LogP contribution in [-0.2, 0) is 0 Å². The molecule has 5 atom stereocenters. The van der Waals surface area contributed by atoms with Crippen LogP contribution >= 0.6 is 0 Å². The zero-order valence-corrected chi connectivity index (χ0v) is 14.9. The molecule has 24 heavy (non-hydrogen) atoms. The molecule has 1 fully saturated rings. The van der Waals surface area contributed by atoms with Crippen LogP contribution in [-0.4, -0.2) is 18.1 Å². The van der Waals surface area contributed by atoms with Crippen molar-refractivity contribution in [2.45, 2.75) is 71.1 Å². The quantitative estimate of drug-likeness (QED) is 0.518. The van der Waals surface area contributed by atoms with Crippen LogP contribution in [0.2, 0.25) is 0 Å². The van der Waals surface area contributed by atoms with Crippen molar-refractivity contribution in [1.29, 1.82) is 0 Å². The Hall–Kier alpha value is -1.25. The van der Waals surface area contributed by atoms with Gasteiger partial charge in [0.25, 0.3) is 0 Å². The first-order valence-corrected chi connectivity index (χ1v) is 9.40. The Morgan fingerprint density at radius 3 is 2.58 bits per heavy atom. The average Bonchev–Trinajstić information content (AvgIpc) is 2.59. The van der Waals surface area contributed by atoms with Crippen molar-refractivity contribution in [3.63, 3.8) is 0 Å². The lowest BCUT2D eigenvalue weighted by Gasteiger charge is -2.35. The number of alkyl halides is 2. The SMILES string of the molecule is CCCC[C@H]1CC[C@H](C(C)CC(F)C(=O)c2ccccc2)C(F)C1. The van der Waals surface area contributed by atoms with Gasteiger partial charge < -0.3 is 0 Å². The minimum Gasteiger partial charge on any atom is -0.291 e. The largest absolute Gasteiger partial charge is 0.291 e. The number of carbonyl (C=O) groups is 1. The number of hydrogen-bond donors (Lipinski definition) is 0. The van der Waals surface area contributed by atoms with Gasteiger partial charge in [0.15, 0.2) is 12.0 Å². The molecule has 1 saturated carbocycles. The summed E-state index contributed by atoms with van der Waals surface area (Å²) in [4.78, 5) is 12.1. The minimum atomic E-state index is -1.53. The van der Waals surface area contributed by atoms with Gasteiger partial charge in [0.2, 0.25) is 0 Å². The predicted molar refractivity (Wildman–Crippen MR) is 94.7 cm³/mol. The van der Waals surface area contributed by atoms with E-state index in [-0.39, 0.29) is 18.3 Å². The van der Waals surface area contributed by atoms with E-state index in [1.54, 1.807) is 30.3 Å². The van der Waals surface area contributed by atoms with Gasteiger partial charge >= 0.3 is 0 Å². The smallest absolute Gasteiger partial charge is 0.196 e. The van der Waals surface area contributed by atoms with E-state index in [2.05, 4.69) is 6.92 Å². The fraction of sp³-hybridized carbons (Fsp3) is 0.667. The Labute approximate surface area is 144 Å². The van der Waals surface area contributed by atoms with Gasteiger partial charge in [0, 0.05) is 5.56 Å². The highest BCUT2D eigenvalue weighted by Crippen LogP contribution is 2.39. The maximum atomic E-state index is 14.5. The second-order valence-electron chi connectivity index (χ2n) is 7.41. The number of hydrogen-bond acceptors (Lipinski definition) is 1. The van der Waals surface area contributed by atoms with Gasteiger partial charge in [-0.1, -0.05) is 63.4 Å². The summed E-state index contributed by atoms with van der Waals surface area (Å²) in [6.45, 7) is 4.06. The van der Waals surface area contributed by atoms with Gasteiger partial charge in [-0.15, -0.1) is 0 Å². The molecule has 0 spiro atoms. The zero-order chi connectivity index (χ0) is 17.5. The van der Waals surface area contributed by atoms with Crippen molar-refractivity contribution >= 4 is 5.78 Å². The summed E-state index contributed by atoms with van der Waals surface area (Å²) in [5.41, 5.74) is 0.400. The normalized spacial score (nSPS) is 26.8. The molecular formula is C21H30F2O. The van der Waals surface area contributed by atoms with E-state index in [9.17, 15) is 13.6 Å². The maximum absolute atomic E-state index is 14.5. The molecule has 0 aliphatic heterocycles. The third kappa shape index (κ3) is 5.12. The van der Waals surface area contributed by atoms with Crippen molar-refractivity contribution in [1.82, 2.24) is 0 Å². The summed E-state index contributed by atoms with van der Waals surface area (Å²) < 4.78 is 28.9. The highest BCUT2D eigenvalue weighted by atomic mass is 19.1. The van der Waals surface area contributed by atoms with E-state index >= 15 is 0 Å². The molecule has 1 aliphatic carbocycles. The highest BCUT2D eigenvalue weighted by Gasteiger charge is 2.35. The second kappa shape index (κ2) is 9.29. The first-order chi connectivity index (χ1) is 11.5. The van der Waals surface area contributed by atoms with Gasteiger partial charge in [0.05, 0.1) is 0 Å². The Bertz CT molecular complexity index is 502. The van der Waals surface area contributed by atoms with Crippen LogP contribution in [0.3, 0.4) is 0 Å². The molecule has 3 heteroatoms. The number of unbranched alkanes of at least 4 members (excludes halogenated alkanes) is 1. The Balaban J connectivity index is 1.85. The first-order valence-electron chi connectivity index (χ1n) is 9.40. The van der Waals surface area contributed by atoms with Gasteiger partial charge in [-0.2, -0.15) is 0 Å². The molecule has 0 saturated heterocycles. The Kier molecular flexibility index (Phi) is 7.39. The van der Waals surface area contributed by atoms with Crippen LogP contribution in [0.15, 0.2) is 30.3 Å². The van der Waals surface area contributed by atoms with E-state index in [4.69, 9.17) is 0 Å². The number of rotatable bonds is 8. The van der Waals surface area contributed by atoms with E-state index in [1.807, 2.05) is 6.92 Å². The molecule has 1 nitrogen and oxygen atoms in total. The predicted octanol–water partition coefficient (Wildman–Crippen LogP) is 6.18. The maximum Gasteiger partial charge on any atom is 0.196 e. The number of Topliss-reactive ketones (excluding diaryl/α,β-unsaturated/α-hetero) is 1. The van der Waals surface area contributed by atoms with Crippen LogP contribution in [0.1, 0.15) is 69.2 Å². The summed E-state index contributed by atoms with van der Waals surface area (Å²) >= 11 is 0. The van der Waals surface area contributed by atoms with Crippen molar-refractivity contribution < 1.29 is 13.6 Å². The van der Waals surface area contributed by atoms with E-state index < -0.39 is 18.1 Å². The number of carbonyl (C=O) groups excluding carboxylic acids is 1. The summed E-state index contributed by atoms with van der Waals surface area (Å²) in [5, 5.41) is 0. The van der Waals surface area contributed by atoms with Gasteiger partial charge in [-0.05, 0) is 43.4 Å². The number of ketones is 1. The third-order valence-corrected chi connectivity index (χ3v) is 5.55. The fourth-order valence-electron chi connectivity index (χ4n) is 4.01. The second-order valence-corrected chi connectivity index (χ2v) is 7.41. The number of benzene rings is 1. The molecule has 2 rings (SSSR count). The minimum absolute atomic E-state index is 0.102. The molecule has 0 heterocycles. The van der Waals surface area contributed by atoms with Crippen molar-refractivity contribution in [3.05, 3.63) is 35.9 Å². The summed E-state index contributed by atoms with van der Waals surface area (Å²) in [6, 6.07) is 8.54. The number of halogens is 2. The Morgan fingerprint density at radius 2 is 1.96 bits per heavy atom. The summed E-state index contributed by atoms with van der Waals surface area (Å²) in [5.74, 6) is -0.204. The molecule has 0 radical (unpaired) electrons. The third-order valence-electron chi connectivity index (χ3n) is 5.55. The zero-order valence-electron chi connectivity index (χ0n) is 14.9. The fourth-order valence-corrected chi connectivity index (χ4v) is 4.01. The van der Waals surface area contributed by atoms with Crippen molar-refractivity contribution in [2.24, 2.45) is 17.8 Å². The van der Waals surface area contributed by atoms with Crippen molar-refractivity contribution in [2.75, 3.05) is 0 Å².